The van der Waals surface area contributed by atoms with Gasteiger partial charge in [0.05, 0.1) is 18.8 Å². The highest BCUT2D eigenvalue weighted by molar-refractivity contribution is 5.76. The number of amides is 1. The number of nitrogens with zero attached hydrogens (tertiary/aromatic N) is 4. The molecule has 0 aliphatic carbocycles. The average Bonchev–Trinajstić information content (AvgIpc) is 2.92. The highest BCUT2D eigenvalue weighted by atomic mass is 16.5. The van der Waals surface area contributed by atoms with E-state index in [2.05, 4.69) is 23.1 Å². The van der Waals surface area contributed by atoms with Crippen LogP contribution in [0.3, 0.4) is 0 Å². The smallest absolute Gasteiger partial charge is 0.244 e. The number of para-hydroxylation sites is 1. The van der Waals surface area contributed by atoms with Gasteiger partial charge in [0.2, 0.25) is 5.91 Å². The maximum Gasteiger partial charge on any atom is 0.244 e. The summed E-state index contributed by atoms with van der Waals surface area (Å²) in [5.74, 6) is 0.978. The predicted molar refractivity (Wildman–Crippen MR) is 96.6 cm³/mol. The third-order valence-corrected chi connectivity index (χ3v) is 4.89. The summed E-state index contributed by atoms with van der Waals surface area (Å²) in [5, 5.41) is 4.40. The van der Waals surface area contributed by atoms with Crippen molar-refractivity contribution in [3.8, 4) is 5.75 Å². The van der Waals surface area contributed by atoms with E-state index in [0.717, 1.165) is 35.8 Å². The molecule has 1 aromatic carbocycles. The maximum atomic E-state index is 12.8. The van der Waals surface area contributed by atoms with Gasteiger partial charge in [0, 0.05) is 30.9 Å². The predicted octanol–water partition coefficient (Wildman–Crippen LogP) is 2.02. The maximum absolute atomic E-state index is 12.8. The van der Waals surface area contributed by atoms with E-state index in [9.17, 15) is 4.79 Å². The number of carbonyl (C=O) groups excluding carboxylic acids is 1. The van der Waals surface area contributed by atoms with Crippen molar-refractivity contribution in [1.82, 2.24) is 19.6 Å². The minimum Gasteiger partial charge on any atom is -0.496 e. The monoisotopic (exact) mass is 342 g/mol. The van der Waals surface area contributed by atoms with Crippen LogP contribution in [-0.2, 0) is 11.3 Å². The Kier molecular flexibility index (Phi) is 5.08. The standard InChI is InChI=1S/C19H26N4O2/c1-14-11-15(2)23(20-14)13-19(24)22-10-9-21(3)17(12-22)16-7-5-6-8-18(16)25-4/h5-8,11,17H,9-10,12-13H2,1-4H3. The number of aromatic nitrogens is 2. The number of ether oxygens (including phenoxy) is 1. The van der Waals surface area contributed by atoms with Gasteiger partial charge < -0.3 is 9.64 Å². The summed E-state index contributed by atoms with van der Waals surface area (Å²) in [7, 11) is 3.79. The molecule has 1 aliphatic heterocycles. The van der Waals surface area contributed by atoms with E-state index < -0.39 is 0 Å². The summed E-state index contributed by atoms with van der Waals surface area (Å²) in [5.41, 5.74) is 3.08. The van der Waals surface area contributed by atoms with Gasteiger partial charge in [-0.15, -0.1) is 0 Å². The topological polar surface area (TPSA) is 50.6 Å². The Morgan fingerprint density at radius 3 is 2.72 bits per heavy atom. The lowest BCUT2D eigenvalue weighted by molar-refractivity contribution is -0.134. The number of likely N-dealkylation sites (N-methyl/N-ethyl adjacent to an activating group) is 1. The summed E-state index contributed by atoms with van der Waals surface area (Å²) >= 11 is 0. The second-order valence-corrected chi connectivity index (χ2v) is 6.66. The Morgan fingerprint density at radius 1 is 1.28 bits per heavy atom. The van der Waals surface area contributed by atoms with Gasteiger partial charge >= 0.3 is 0 Å². The number of hydrogen-bond donors (Lipinski definition) is 0. The molecule has 0 radical (unpaired) electrons. The first-order valence-corrected chi connectivity index (χ1v) is 8.61. The van der Waals surface area contributed by atoms with Crippen molar-refractivity contribution >= 4 is 5.91 Å². The van der Waals surface area contributed by atoms with Crippen molar-refractivity contribution in [2.45, 2.75) is 26.4 Å². The van der Waals surface area contributed by atoms with Gasteiger partial charge in [0.15, 0.2) is 0 Å². The van der Waals surface area contributed by atoms with E-state index >= 15 is 0 Å². The molecule has 25 heavy (non-hydrogen) atoms. The largest absolute Gasteiger partial charge is 0.496 e. The van der Waals surface area contributed by atoms with Crippen LogP contribution in [0.2, 0.25) is 0 Å². The lowest BCUT2D eigenvalue weighted by Crippen LogP contribution is -2.50. The highest BCUT2D eigenvalue weighted by Crippen LogP contribution is 2.31. The Labute approximate surface area is 149 Å². The molecule has 1 atom stereocenters. The van der Waals surface area contributed by atoms with E-state index in [1.165, 1.54) is 0 Å². The number of aryl methyl sites for hydroxylation is 2. The number of benzene rings is 1. The first-order chi connectivity index (χ1) is 12.0. The molecular weight excluding hydrogens is 316 g/mol. The third kappa shape index (κ3) is 3.69. The molecule has 1 amide bonds. The van der Waals surface area contributed by atoms with Crippen LogP contribution in [0.25, 0.3) is 0 Å². The van der Waals surface area contributed by atoms with Crippen LogP contribution in [0.1, 0.15) is 23.0 Å². The minimum atomic E-state index is 0.110. The number of hydrogen-bond acceptors (Lipinski definition) is 4. The molecule has 134 valence electrons. The lowest BCUT2D eigenvalue weighted by atomic mass is 10.0. The molecule has 6 heteroatoms. The van der Waals surface area contributed by atoms with Gasteiger partial charge in [-0.3, -0.25) is 14.4 Å². The van der Waals surface area contributed by atoms with Gasteiger partial charge in [-0.25, -0.2) is 0 Å². The van der Waals surface area contributed by atoms with Crippen molar-refractivity contribution < 1.29 is 9.53 Å². The first kappa shape index (κ1) is 17.5. The Morgan fingerprint density at radius 2 is 2.04 bits per heavy atom. The van der Waals surface area contributed by atoms with Gasteiger partial charge in [0.25, 0.3) is 0 Å². The molecule has 1 saturated heterocycles. The Balaban J connectivity index is 1.76. The van der Waals surface area contributed by atoms with Crippen molar-refractivity contribution in [3.05, 3.63) is 47.3 Å². The van der Waals surface area contributed by atoms with Crippen LogP contribution in [0.5, 0.6) is 5.75 Å². The van der Waals surface area contributed by atoms with Crippen molar-refractivity contribution in [2.75, 3.05) is 33.8 Å². The number of methoxy groups -OCH3 is 1. The van der Waals surface area contributed by atoms with Crippen LogP contribution < -0.4 is 4.74 Å². The van der Waals surface area contributed by atoms with Crippen molar-refractivity contribution in [3.63, 3.8) is 0 Å². The van der Waals surface area contributed by atoms with Gasteiger partial charge in [-0.1, -0.05) is 18.2 Å². The minimum absolute atomic E-state index is 0.110. The normalized spacial score (nSPS) is 18.4. The zero-order valence-corrected chi connectivity index (χ0v) is 15.4. The van der Waals surface area contributed by atoms with Gasteiger partial charge in [0.1, 0.15) is 12.3 Å². The Hall–Kier alpha value is -2.34. The molecular formula is C19H26N4O2. The number of carbonyl (C=O) groups is 1. The zero-order valence-electron chi connectivity index (χ0n) is 15.4. The highest BCUT2D eigenvalue weighted by Gasteiger charge is 2.30. The lowest BCUT2D eigenvalue weighted by Gasteiger charge is -2.40. The zero-order chi connectivity index (χ0) is 18.0. The van der Waals surface area contributed by atoms with Crippen LogP contribution in [0.15, 0.2) is 30.3 Å². The SMILES string of the molecule is COc1ccccc1C1CN(C(=O)Cn2nc(C)cc2C)CCN1C. The molecule has 0 bridgehead atoms. The summed E-state index contributed by atoms with van der Waals surface area (Å²) in [6.45, 7) is 6.46. The summed E-state index contributed by atoms with van der Waals surface area (Å²) < 4.78 is 7.30. The average molecular weight is 342 g/mol. The van der Waals surface area contributed by atoms with E-state index in [1.807, 2.05) is 43.0 Å². The molecule has 1 aromatic heterocycles. The molecule has 0 saturated carbocycles. The molecule has 1 aliphatic rings. The van der Waals surface area contributed by atoms with Gasteiger partial charge in [-0.05, 0) is 33.0 Å². The van der Waals surface area contributed by atoms with Crippen LogP contribution >= 0.6 is 0 Å². The van der Waals surface area contributed by atoms with Crippen LogP contribution in [0.4, 0.5) is 0 Å². The molecule has 2 heterocycles. The second-order valence-electron chi connectivity index (χ2n) is 6.66. The van der Waals surface area contributed by atoms with Crippen molar-refractivity contribution in [2.24, 2.45) is 0 Å². The summed E-state index contributed by atoms with van der Waals surface area (Å²) in [4.78, 5) is 17.0. The fourth-order valence-electron chi connectivity index (χ4n) is 3.44. The number of rotatable bonds is 4. The van der Waals surface area contributed by atoms with Gasteiger partial charge in [-0.2, -0.15) is 5.10 Å². The molecule has 6 nitrogen and oxygen atoms in total. The summed E-state index contributed by atoms with van der Waals surface area (Å²) in [6, 6.07) is 10.2. The first-order valence-electron chi connectivity index (χ1n) is 8.61. The summed E-state index contributed by atoms with van der Waals surface area (Å²) in [6.07, 6.45) is 0. The molecule has 3 rings (SSSR count). The second kappa shape index (κ2) is 7.27. The van der Waals surface area contributed by atoms with Crippen LogP contribution in [-0.4, -0.2) is 59.3 Å². The number of piperazine rings is 1. The van der Waals surface area contributed by atoms with E-state index in [-0.39, 0.29) is 11.9 Å². The Bertz CT molecular complexity index is 756. The molecule has 1 unspecified atom stereocenters. The molecule has 2 aromatic rings. The third-order valence-electron chi connectivity index (χ3n) is 4.89. The molecule has 0 N–H and O–H groups in total. The fraction of sp³-hybridized carbons (Fsp3) is 0.474. The van der Waals surface area contributed by atoms with Crippen molar-refractivity contribution in [1.29, 1.82) is 0 Å². The van der Waals surface area contributed by atoms with E-state index in [0.29, 0.717) is 13.1 Å². The molecule has 1 fully saturated rings. The van der Waals surface area contributed by atoms with Crippen LogP contribution in [0, 0.1) is 13.8 Å². The van der Waals surface area contributed by atoms with E-state index in [4.69, 9.17) is 4.74 Å². The fourth-order valence-corrected chi connectivity index (χ4v) is 3.44. The van der Waals surface area contributed by atoms with E-state index in [1.54, 1.807) is 11.8 Å². The molecule has 0 spiro atoms. The quantitative estimate of drug-likeness (QED) is 0.853.